The van der Waals surface area contributed by atoms with E-state index in [-0.39, 0.29) is 18.2 Å². The van der Waals surface area contributed by atoms with E-state index >= 15 is 0 Å². The second-order valence-electron chi connectivity index (χ2n) is 4.95. The first-order chi connectivity index (χ1) is 10.1. The molecule has 8 nitrogen and oxygen atoms in total. The van der Waals surface area contributed by atoms with Crippen LogP contribution in [-0.4, -0.2) is 45.8 Å². The van der Waals surface area contributed by atoms with Crippen molar-refractivity contribution in [2.24, 2.45) is 0 Å². The number of nitrogens with zero attached hydrogens (tertiary/aromatic N) is 1. The van der Waals surface area contributed by atoms with Crippen molar-refractivity contribution in [3.63, 3.8) is 0 Å². The molecule has 0 bridgehead atoms. The summed E-state index contributed by atoms with van der Waals surface area (Å²) in [6, 6.07) is -0.503. The SMILES string of the molecule is CCC(NC(=O)NCC1CCC(C(=O)O)O1)c1ncc[nH]1. The molecule has 1 aliphatic rings. The topological polar surface area (TPSA) is 116 Å². The summed E-state index contributed by atoms with van der Waals surface area (Å²) >= 11 is 0. The highest BCUT2D eigenvalue weighted by molar-refractivity contribution is 5.74. The molecule has 2 heterocycles. The fourth-order valence-electron chi connectivity index (χ4n) is 2.29. The molecule has 1 fully saturated rings. The van der Waals surface area contributed by atoms with E-state index in [9.17, 15) is 9.59 Å². The molecular weight excluding hydrogens is 276 g/mol. The number of aromatic amines is 1. The molecule has 0 aliphatic carbocycles. The second kappa shape index (κ2) is 7.07. The summed E-state index contributed by atoms with van der Waals surface area (Å²) in [6.07, 6.45) is 4.15. The van der Waals surface area contributed by atoms with Crippen LogP contribution in [0.4, 0.5) is 4.79 Å². The molecule has 3 unspecified atom stereocenters. The average Bonchev–Trinajstić information content (AvgIpc) is 3.13. The lowest BCUT2D eigenvalue weighted by Crippen LogP contribution is -2.41. The number of ether oxygens (including phenoxy) is 1. The second-order valence-corrected chi connectivity index (χ2v) is 4.95. The first kappa shape index (κ1) is 15.3. The number of aromatic nitrogens is 2. The highest BCUT2D eigenvalue weighted by atomic mass is 16.5. The molecule has 116 valence electrons. The van der Waals surface area contributed by atoms with Crippen molar-refractivity contribution in [2.45, 2.75) is 44.4 Å². The molecule has 0 radical (unpaired) electrons. The lowest BCUT2D eigenvalue weighted by Gasteiger charge is -2.17. The number of amides is 2. The monoisotopic (exact) mass is 296 g/mol. The van der Waals surface area contributed by atoms with E-state index in [1.807, 2.05) is 6.92 Å². The van der Waals surface area contributed by atoms with Gasteiger partial charge in [0.25, 0.3) is 0 Å². The van der Waals surface area contributed by atoms with Crippen LogP contribution in [0.25, 0.3) is 0 Å². The van der Waals surface area contributed by atoms with Crippen molar-refractivity contribution >= 4 is 12.0 Å². The Bertz CT molecular complexity index is 477. The van der Waals surface area contributed by atoms with E-state index in [0.717, 1.165) is 0 Å². The Morgan fingerprint density at radius 3 is 2.95 bits per heavy atom. The number of rotatable bonds is 6. The maximum absolute atomic E-state index is 11.8. The molecule has 8 heteroatoms. The Labute approximate surface area is 122 Å². The van der Waals surface area contributed by atoms with E-state index in [2.05, 4.69) is 20.6 Å². The van der Waals surface area contributed by atoms with Crippen LogP contribution in [0.2, 0.25) is 0 Å². The molecule has 2 amide bonds. The molecule has 1 aromatic heterocycles. The molecule has 3 atom stereocenters. The number of urea groups is 1. The largest absolute Gasteiger partial charge is 0.479 e. The zero-order valence-corrected chi connectivity index (χ0v) is 11.8. The number of nitrogens with one attached hydrogen (secondary N) is 3. The smallest absolute Gasteiger partial charge is 0.332 e. The molecule has 0 aromatic carbocycles. The van der Waals surface area contributed by atoms with Gasteiger partial charge in [0, 0.05) is 18.9 Å². The van der Waals surface area contributed by atoms with Crippen molar-refractivity contribution < 1.29 is 19.4 Å². The third kappa shape index (κ3) is 4.19. The van der Waals surface area contributed by atoms with Gasteiger partial charge in [-0.15, -0.1) is 0 Å². The van der Waals surface area contributed by atoms with Gasteiger partial charge in [-0.3, -0.25) is 0 Å². The number of H-pyrrole nitrogens is 1. The third-order valence-electron chi connectivity index (χ3n) is 3.44. The maximum Gasteiger partial charge on any atom is 0.332 e. The predicted molar refractivity (Wildman–Crippen MR) is 73.7 cm³/mol. The lowest BCUT2D eigenvalue weighted by atomic mass is 10.2. The van der Waals surface area contributed by atoms with E-state index in [4.69, 9.17) is 9.84 Å². The molecule has 0 saturated carbocycles. The zero-order chi connectivity index (χ0) is 15.2. The van der Waals surface area contributed by atoms with Gasteiger partial charge >= 0.3 is 12.0 Å². The number of carbonyl (C=O) groups excluding carboxylic acids is 1. The standard InChI is InChI=1S/C13H20N4O4/c1-2-9(11-14-5-6-15-11)17-13(20)16-7-8-3-4-10(21-8)12(18)19/h5-6,8-10H,2-4,7H2,1H3,(H,14,15)(H,18,19)(H2,16,17,20). The lowest BCUT2D eigenvalue weighted by molar-refractivity contribution is -0.149. The first-order valence-corrected chi connectivity index (χ1v) is 7.02. The minimum atomic E-state index is -0.953. The highest BCUT2D eigenvalue weighted by Crippen LogP contribution is 2.19. The molecule has 2 rings (SSSR count). The van der Waals surface area contributed by atoms with Gasteiger partial charge in [0.15, 0.2) is 6.10 Å². The Morgan fingerprint density at radius 1 is 1.57 bits per heavy atom. The predicted octanol–water partition coefficient (Wildman–Crippen LogP) is 0.792. The van der Waals surface area contributed by atoms with Gasteiger partial charge in [-0.2, -0.15) is 0 Å². The summed E-state index contributed by atoms with van der Waals surface area (Å²) in [7, 11) is 0. The molecule has 4 N–H and O–H groups in total. The molecule has 0 spiro atoms. The van der Waals surface area contributed by atoms with Gasteiger partial charge < -0.3 is 25.5 Å². The number of carboxylic acid groups (broad SMARTS) is 1. The summed E-state index contributed by atoms with van der Waals surface area (Å²) in [5.41, 5.74) is 0. The number of carboxylic acids is 1. The summed E-state index contributed by atoms with van der Waals surface area (Å²) < 4.78 is 5.32. The fraction of sp³-hybridized carbons (Fsp3) is 0.615. The summed E-state index contributed by atoms with van der Waals surface area (Å²) in [5, 5.41) is 14.3. The average molecular weight is 296 g/mol. The Hall–Kier alpha value is -2.09. The van der Waals surface area contributed by atoms with Crippen LogP contribution >= 0.6 is 0 Å². The summed E-state index contributed by atoms with van der Waals surface area (Å²) in [4.78, 5) is 29.7. The molecule has 21 heavy (non-hydrogen) atoms. The zero-order valence-electron chi connectivity index (χ0n) is 11.8. The van der Waals surface area contributed by atoms with Crippen molar-refractivity contribution in [2.75, 3.05) is 6.54 Å². The van der Waals surface area contributed by atoms with Crippen LogP contribution in [-0.2, 0) is 9.53 Å². The van der Waals surface area contributed by atoms with Crippen molar-refractivity contribution in [3.8, 4) is 0 Å². The Morgan fingerprint density at radius 2 is 2.38 bits per heavy atom. The normalized spacial score (nSPS) is 22.7. The molecule has 1 aromatic rings. The first-order valence-electron chi connectivity index (χ1n) is 7.02. The van der Waals surface area contributed by atoms with Crippen LogP contribution in [0.3, 0.4) is 0 Å². The van der Waals surface area contributed by atoms with E-state index in [1.54, 1.807) is 12.4 Å². The van der Waals surface area contributed by atoms with E-state index in [0.29, 0.717) is 31.6 Å². The fourth-order valence-corrected chi connectivity index (χ4v) is 2.29. The maximum atomic E-state index is 11.8. The summed E-state index contributed by atoms with van der Waals surface area (Å²) in [5.74, 6) is -0.249. The number of carbonyl (C=O) groups is 2. The quantitative estimate of drug-likeness (QED) is 0.619. The van der Waals surface area contributed by atoms with E-state index < -0.39 is 12.1 Å². The molecule has 1 aliphatic heterocycles. The molecular formula is C13H20N4O4. The van der Waals surface area contributed by atoms with Crippen LogP contribution in [0.5, 0.6) is 0 Å². The van der Waals surface area contributed by atoms with Gasteiger partial charge in [-0.1, -0.05) is 6.92 Å². The van der Waals surface area contributed by atoms with Crippen molar-refractivity contribution in [1.29, 1.82) is 0 Å². The van der Waals surface area contributed by atoms with Gasteiger partial charge in [-0.05, 0) is 19.3 Å². The van der Waals surface area contributed by atoms with Gasteiger partial charge in [0.2, 0.25) is 0 Å². The number of hydrogen-bond acceptors (Lipinski definition) is 4. The Kier molecular flexibility index (Phi) is 5.15. The van der Waals surface area contributed by atoms with E-state index in [1.165, 1.54) is 0 Å². The van der Waals surface area contributed by atoms with Crippen LogP contribution in [0.15, 0.2) is 12.4 Å². The third-order valence-corrected chi connectivity index (χ3v) is 3.44. The van der Waals surface area contributed by atoms with Gasteiger partial charge in [-0.25, -0.2) is 14.6 Å². The van der Waals surface area contributed by atoms with Gasteiger partial charge in [0.05, 0.1) is 12.1 Å². The van der Waals surface area contributed by atoms with Crippen LogP contribution in [0, 0.1) is 0 Å². The summed E-state index contributed by atoms with van der Waals surface area (Å²) in [6.45, 7) is 2.25. The van der Waals surface area contributed by atoms with Crippen molar-refractivity contribution in [1.82, 2.24) is 20.6 Å². The highest BCUT2D eigenvalue weighted by Gasteiger charge is 2.30. The van der Waals surface area contributed by atoms with Gasteiger partial charge in [0.1, 0.15) is 5.82 Å². The van der Waals surface area contributed by atoms with Crippen LogP contribution < -0.4 is 10.6 Å². The number of hydrogen-bond donors (Lipinski definition) is 4. The van der Waals surface area contributed by atoms with Crippen LogP contribution in [0.1, 0.15) is 38.1 Å². The van der Waals surface area contributed by atoms with Crippen molar-refractivity contribution in [3.05, 3.63) is 18.2 Å². The number of imidazole rings is 1. The minimum absolute atomic E-state index is 0.184. The number of aliphatic carboxylic acids is 1. The molecule has 1 saturated heterocycles. The minimum Gasteiger partial charge on any atom is -0.479 e. The Balaban J connectivity index is 1.74.